The molecule has 15 heavy (non-hydrogen) atoms. The fourth-order valence-corrected chi connectivity index (χ4v) is 2.09. The van der Waals surface area contributed by atoms with Gasteiger partial charge in [-0.3, -0.25) is 0 Å². The zero-order chi connectivity index (χ0) is 11.4. The second kappa shape index (κ2) is 5.70. The van der Waals surface area contributed by atoms with Crippen LogP contribution < -0.4 is 5.73 Å². The lowest BCUT2D eigenvalue weighted by Crippen LogP contribution is -2.20. The van der Waals surface area contributed by atoms with Crippen LogP contribution in [0.3, 0.4) is 0 Å². The quantitative estimate of drug-likeness (QED) is 0.588. The molecule has 0 heterocycles. The number of alkyl halides is 1. The highest BCUT2D eigenvalue weighted by atomic mass is 79.9. The van der Waals surface area contributed by atoms with Crippen molar-refractivity contribution in [2.24, 2.45) is 0 Å². The van der Waals surface area contributed by atoms with E-state index in [1.54, 1.807) is 18.2 Å². The van der Waals surface area contributed by atoms with E-state index < -0.39 is 12.2 Å². The lowest BCUT2D eigenvalue weighted by atomic mass is 10.0. The topological polar surface area (TPSA) is 66.5 Å². The average molecular weight is 295 g/mol. The third-order valence-corrected chi connectivity index (χ3v) is 2.94. The lowest BCUT2D eigenvalue weighted by molar-refractivity contribution is 0.0178. The second-order valence-corrected chi connectivity index (χ2v) is 4.43. The molecule has 0 amide bonds. The standard InChI is InChI=1S/C10H13BrClNO2/c11-5-4-8(14)10(15)9-6(12)2-1-3-7(9)13/h1-3,8,10,14-15H,4-5,13H2. The Kier molecular flexibility index (Phi) is 4.86. The van der Waals surface area contributed by atoms with Crippen LogP contribution in [0, 0.1) is 0 Å². The van der Waals surface area contributed by atoms with Crippen molar-refractivity contribution in [1.29, 1.82) is 0 Å². The van der Waals surface area contributed by atoms with Crippen molar-refractivity contribution in [2.75, 3.05) is 11.1 Å². The molecule has 4 N–H and O–H groups in total. The van der Waals surface area contributed by atoms with Gasteiger partial charge in [0.2, 0.25) is 0 Å². The van der Waals surface area contributed by atoms with Gasteiger partial charge in [0, 0.05) is 21.6 Å². The normalized spacial score (nSPS) is 14.9. The molecule has 84 valence electrons. The monoisotopic (exact) mass is 293 g/mol. The van der Waals surface area contributed by atoms with E-state index in [1.807, 2.05) is 0 Å². The Balaban J connectivity index is 2.94. The van der Waals surface area contributed by atoms with E-state index in [0.29, 0.717) is 28.0 Å². The molecule has 2 unspecified atom stereocenters. The van der Waals surface area contributed by atoms with E-state index in [9.17, 15) is 10.2 Å². The summed E-state index contributed by atoms with van der Waals surface area (Å²) in [6.07, 6.45) is -1.48. The van der Waals surface area contributed by atoms with Gasteiger partial charge in [0.05, 0.1) is 6.10 Å². The molecule has 1 rings (SSSR count). The zero-order valence-electron chi connectivity index (χ0n) is 8.03. The van der Waals surface area contributed by atoms with E-state index >= 15 is 0 Å². The first-order valence-corrected chi connectivity index (χ1v) is 6.04. The molecule has 0 radical (unpaired) electrons. The molecular formula is C10H13BrClNO2. The Bertz CT molecular complexity index is 315. The van der Waals surface area contributed by atoms with Crippen LogP contribution in [0.1, 0.15) is 18.1 Å². The molecule has 1 aromatic rings. The first-order chi connectivity index (χ1) is 7.07. The maximum Gasteiger partial charge on any atom is 0.108 e. The molecule has 0 aromatic heterocycles. The highest BCUT2D eigenvalue weighted by Gasteiger charge is 2.22. The van der Waals surface area contributed by atoms with Crippen LogP contribution in [0.25, 0.3) is 0 Å². The lowest BCUT2D eigenvalue weighted by Gasteiger charge is -2.19. The molecule has 0 aliphatic heterocycles. The van der Waals surface area contributed by atoms with Crippen molar-refractivity contribution < 1.29 is 10.2 Å². The SMILES string of the molecule is Nc1cccc(Cl)c1C(O)C(O)CCBr. The molecule has 0 saturated heterocycles. The molecule has 5 heteroatoms. The van der Waals surface area contributed by atoms with Gasteiger partial charge in [-0.2, -0.15) is 0 Å². The highest BCUT2D eigenvalue weighted by molar-refractivity contribution is 9.09. The summed E-state index contributed by atoms with van der Waals surface area (Å²) >= 11 is 9.10. The maximum absolute atomic E-state index is 9.85. The fourth-order valence-electron chi connectivity index (χ4n) is 1.33. The summed E-state index contributed by atoms with van der Waals surface area (Å²) in [7, 11) is 0. The third-order valence-electron chi connectivity index (χ3n) is 2.15. The van der Waals surface area contributed by atoms with Gasteiger partial charge in [-0.15, -0.1) is 0 Å². The van der Waals surface area contributed by atoms with Crippen LogP contribution in [0.15, 0.2) is 18.2 Å². The molecule has 0 bridgehead atoms. The first kappa shape index (κ1) is 12.8. The summed E-state index contributed by atoms with van der Waals surface area (Å²) in [5, 5.41) is 20.5. The Morgan fingerprint density at radius 1 is 1.40 bits per heavy atom. The summed E-state index contributed by atoms with van der Waals surface area (Å²) < 4.78 is 0. The Labute approximate surface area is 102 Å². The predicted molar refractivity (Wildman–Crippen MR) is 65.2 cm³/mol. The number of aliphatic hydroxyl groups excluding tert-OH is 2. The van der Waals surface area contributed by atoms with E-state index in [4.69, 9.17) is 17.3 Å². The van der Waals surface area contributed by atoms with Crippen molar-refractivity contribution >= 4 is 33.2 Å². The van der Waals surface area contributed by atoms with Crippen molar-refractivity contribution in [3.63, 3.8) is 0 Å². The highest BCUT2D eigenvalue weighted by Crippen LogP contribution is 2.31. The number of halogens is 2. The van der Waals surface area contributed by atoms with E-state index in [-0.39, 0.29) is 0 Å². The van der Waals surface area contributed by atoms with Crippen LogP contribution in [-0.4, -0.2) is 21.6 Å². The summed E-state index contributed by atoms with van der Waals surface area (Å²) in [5.41, 5.74) is 6.48. The van der Waals surface area contributed by atoms with E-state index in [1.165, 1.54) is 0 Å². The Morgan fingerprint density at radius 3 is 2.60 bits per heavy atom. The maximum atomic E-state index is 9.85. The van der Waals surface area contributed by atoms with Crippen molar-refractivity contribution in [3.8, 4) is 0 Å². The van der Waals surface area contributed by atoms with Crippen molar-refractivity contribution in [3.05, 3.63) is 28.8 Å². The Morgan fingerprint density at radius 2 is 2.07 bits per heavy atom. The van der Waals surface area contributed by atoms with Crippen LogP contribution in [-0.2, 0) is 0 Å². The Hall–Kier alpha value is -0.290. The number of nitrogen functional groups attached to an aromatic ring is 1. The average Bonchev–Trinajstić information content (AvgIpc) is 2.17. The molecule has 0 aliphatic carbocycles. The van der Waals surface area contributed by atoms with Gasteiger partial charge in [0.25, 0.3) is 0 Å². The number of aliphatic hydroxyl groups is 2. The first-order valence-electron chi connectivity index (χ1n) is 4.54. The minimum absolute atomic E-state index is 0.371. The van der Waals surface area contributed by atoms with Crippen LogP contribution in [0.5, 0.6) is 0 Å². The van der Waals surface area contributed by atoms with Crippen molar-refractivity contribution in [2.45, 2.75) is 18.6 Å². The number of anilines is 1. The fraction of sp³-hybridized carbons (Fsp3) is 0.400. The smallest absolute Gasteiger partial charge is 0.108 e. The minimum atomic E-state index is -1.05. The van der Waals surface area contributed by atoms with Gasteiger partial charge < -0.3 is 15.9 Å². The van der Waals surface area contributed by atoms with Gasteiger partial charge >= 0.3 is 0 Å². The molecule has 1 aromatic carbocycles. The molecule has 0 spiro atoms. The van der Waals surface area contributed by atoms with Gasteiger partial charge in [-0.25, -0.2) is 0 Å². The largest absolute Gasteiger partial charge is 0.398 e. The van der Waals surface area contributed by atoms with Gasteiger partial charge in [-0.05, 0) is 18.6 Å². The summed E-state index contributed by atoms with van der Waals surface area (Å²) in [6, 6.07) is 4.98. The van der Waals surface area contributed by atoms with E-state index in [2.05, 4.69) is 15.9 Å². The third kappa shape index (κ3) is 3.08. The van der Waals surface area contributed by atoms with Crippen LogP contribution >= 0.6 is 27.5 Å². The number of rotatable bonds is 4. The molecule has 0 saturated carbocycles. The number of nitrogens with two attached hydrogens (primary N) is 1. The summed E-state index contributed by atoms with van der Waals surface area (Å²) in [6.45, 7) is 0. The molecule has 2 atom stereocenters. The predicted octanol–water partition coefficient (Wildman–Crippen LogP) is 2.10. The van der Waals surface area contributed by atoms with Crippen LogP contribution in [0.2, 0.25) is 5.02 Å². The zero-order valence-corrected chi connectivity index (χ0v) is 10.4. The number of benzene rings is 1. The number of hydrogen-bond donors (Lipinski definition) is 3. The molecular weight excluding hydrogens is 281 g/mol. The summed E-state index contributed by atoms with van der Waals surface area (Å²) in [4.78, 5) is 0. The second-order valence-electron chi connectivity index (χ2n) is 3.23. The molecule has 0 aliphatic rings. The van der Waals surface area contributed by atoms with Gasteiger partial charge in [0.15, 0.2) is 0 Å². The van der Waals surface area contributed by atoms with Gasteiger partial charge in [0.1, 0.15) is 6.10 Å². The number of hydrogen-bond acceptors (Lipinski definition) is 3. The van der Waals surface area contributed by atoms with Gasteiger partial charge in [-0.1, -0.05) is 33.6 Å². The van der Waals surface area contributed by atoms with Crippen molar-refractivity contribution in [1.82, 2.24) is 0 Å². The van der Waals surface area contributed by atoms with E-state index in [0.717, 1.165) is 0 Å². The molecule has 0 fully saturated rings. The minimum Gasteiger partial charge on any atom is -0.398 e. The summed E-state index contributed by atoms with van der Waals surface area (Å²) in [5.74, 6) is 0. The molecule has 3 nitrogen and oxygen atoms in total. The van der Waals surface area contributed by atoms with Crippen LogP contribution in [0.4, 0.5) is 5.69 Å².